The zero-order valence-electron chi connectivity index (χ0n) is 12.5. The van der Waals surface area contributed by atoms with Crippen molar-refractivity contribution in [3.8, 4) is 11.3 Å². The molecule has 0 fully saturated rings. The molecule has 0 aliphatic carbocycles. The van der Waals surface area contributed by atoms with Gasteiger partial charge in [-0.3, -0.25) is 0 Å². The van der Waals surface area contributed by atoms with E-state index in [1.54, 1.807) is 0 Å². The van der Waals surface area contributed by atoms with Gasteiger partial charge in [0.2, 0.25) is 0 Å². The predicted octanol–water partition coefficient (Wildman–Crippen LogP) is 4.37. The fourth-order valence-electron chi connectivity index (χ4n) is 2.48. The lowest BCUT2D eigenvalue weighted by atomic mass is 9.98. The average Bonchev–Trinajstić information content (AvgIpc) is 2.73. The highest BCUT2D eigenvalue weighted by Gasteiger charge is 2.11. The van der Waals surface area contributed by atoms with Crippen molar-refractivity contribution in [2.75, 3.05) is 0 Å². The molecule has 1 aromatic heterocycles. The molecule has 2 aromatic rings. The van der Waals surface area contributed by atoms with Crippen molar-refractivity contribution < 1.29 is 4.42 Å². The van der Waals surface area contributed by atoms with Crippen molar-refractivity contribution in [1.82, 2.24) is 5.32 Å². The molecule has 19 heavy (non-hydrogen) atoms. The van der Waals surface area contributed by atoms with E-state index in [9.17, 15) is 0 Å². The van der Waals surface area contributed by atoms with E-state index in [0.29, 0.717) is 6.04 Å². The molecular formula is C17H23NO. The highest BCUT2D eigenvalue weighted by atomic mass is 16.3. The van der Waals surface area contributed by atoms with E-state index in [-0.39, 0.29) is 0 Å². The monoisotopic (exact) mass is 257 g/mol. The third kappa shape index (κ3) is 3.27. The van der Waals surface area contributed by atoms with Gasteiger partial charge >= 0.3 is 0 Å². The highest BCUT2D eigenvalue weighted by Crippen LogP contribution is 2.29. The molecule has 1 heterocycles. The van der Waals surface area contributed by atoms with Crippen LogP contribution in [0.4, 0.5) is 0 Å². The quantitative estimate of drug-likeness (QED) is 0.879. The Bertz CT molecular complexity index is 543. The van der Waals surface area contributed by atoms with E-state index in [1.165, 1.54) is 22.3 Å². The smallest absolute Gasteiger partial charge is 0.134 e. The molecule has 2 heteroatoms. The van der Waals surface area contributed by atoms with Crippen LogP contribution in [0, 0.1) is 20.8 Å². The highest BCUT2D eigenvalue weighted by molar-refractivity contribution is 5.67. The van der Waals surface area contributed by atoms with Gasteiger partial charge in [0.15, 0.2) is 0 Å². The lowest BCUT2D eigenvalue weighted by Gasteiger charge is -2.09. The Hall–Kier alpha value is -1.54. The topological polar surface area (TPSA) is 25.2 Å². The maximum atomic E-state index is 5.96. The maximum absolute atomic E-state index is 5.96. The van der Waals surface area contributed by atoms with Crippen molar-refractivity contribution in [3.63, 3.8) is 0 Å². The van der Waals surface area contributed by atoms with Gasteiger partial charge in [0.25, 0.3) is 0 Å². The van der Waals surface area contributed by atoms with Crippen LogP contribution in [0.5, 0.6) is 0 Å². The molecule has 102 valence electrons. The Balaban J connectivity index is 2.28. The first-order chi connectivity index (χ1) is 8.97. The molecule has 0 bridgehead atoms. The van der Waals surface area contributed by atoms with Gasteiger partial charge in [-0.25, -0.2) is 0 Å². The van der Waals surface area contributed by atoms with Crippen LogP contribution in [0.15, 0.2) is 28.7 Å². The van der Waals surface area contributed by atoms with E-state index >= 15 is 0 Å². The van der Waals surface area contributed by atoms with Crippen molar-refractivity contribution in [3.05, 3.63) is 46.7 Å². The molecule has 0 aliphatic heterocycles. The second-order valence-electron chi connectivity index (χ2n) is 5.58. The van der Waals surface area contributed by atoms with E-state index in [1.807, 2.05) is 0 Å². The Kier molecular flexibility index (Phi) is 4.11. The molecule has 0 spiro atoms. The van der Waals surface area contributed by atoms with Gasteiger partial charge in [-0.05, 0) is 44.0 Å². The van der Waals surface area contributed by atoms with Gasteiger partial charge in [0.1, 0.15) is 11.5 Å². The molecule has 1 N–H and O–H groups in total. The summed E-state index contributed by atoms with van der Waals surface area (Å²) in [5.41, 5.74) is 5.07. The van der Waals surface area contributed by atoms with Crippen LogP contribution in [0.1, 0.15) is 36.3 Å². The number of hydrogen-bond donors (Lipinski definition) is 1. The summed E-state index contributed by atoms with van der Waals surface area (Å²) in [5.74, 6) is 1.96. The summed E-state index contributed by atoms with van der Waals surface area (Å²) >= 11 is 0. The van der Waals surface area contributed by atoms with Gasteiger partial charge in [0.05, 0.1) is 6.54 Å². The zero-order valence-corrected chi connectivity index (χ0v) is 12.5. The third-order valence-corrected chi connectivity index (χ3v) is 3.27. The minimum Gasteiger partial charge on any atom is -0.460 e. The summed E-state index contributed by atoms with van der Waals surface area (Å²) < 4.78 is 5.96. The molecule has 2 rings (SSSR count). The first-order valence-corrected chi connectivity index (χ1v) is 6.87. The lowest BCUT2D eigenvalue weighted by molar-refractivity contribution is 0.473. The van der Waals surface area contributed by atoms with Crippen molar-refractivity contribution in [2.24, 2.45) is 0 Å². The summed E-state index contributed by atoms with van der Waals surface area (Å²) in [6.45, 7) is 11.5. The van der Waals surface area contributed by atoms with E-state index in [0.717, 1.165) is 18.1 Å². The van der Waals surface area contributed by atoms with Crippen LogP contribution in [0.25, 0.3) is 11.3 Å². The van der Waals surface area contributed by atoms with Crippen LogP contribution in [-0.2, 0) is 6.54 Å². The number of aryl methyl sites for hydroxylation is 3. The first kappa shape index (κ1) is 13.9. The SMILES string of the molecule is Cc1cc(C)c(-c2ccc(CNC(C)C)o2)c(C)c1. The Morgan fingerprint density at radius 3 is 2.26 bits per heavy atom. The molecule has 0 aliphatic rings. The van der Waals surface area contributed by atoms with Gasteiger partial charge in [-0.2, -0.15) is 0 Å². The minimum absolute atomic E-state index is 0.469. The molecular weight excluding hydrogens is 234 g/mol. The number of rotatable bonds is 4. The van der Waals surface area contributed by atoms with Gasteiger partial charge in [-0.15, -0.1) is 0 Å². The summed E-state index contributed by atoms with van der Waals surface area (Å²) in [5, 5.41) is 3.37. The lowest BCUT2D eigenvalue weighted by Crippen LogP contribution is -2.21. The van der Waals surface area contributed by atoms with Crippen LogP contribution >= 0.6 is 0 Å². The number of hydrogen-bond acceptors (Lipinski definition) is 2. The van der Waals surface area contributed by atoms with Gasteiger partial charge in [-0.1, -0.05) is 31.5 Å². The summed E-state index contributed by atoms with van der Waals surface area (Å²) in [7, 11) is 0. The number of furan rings is 1. The Morgan fingerprint density at radius 2 is 1.68 bits per heavy atom. The maximum Gasteiger partial charge on any atom is 0.134 e. The Morgan fingerprint density at radius 1 is 1.05 bits per heavy atom. The second-order valence-corrected chi connectivity index (χ2v) is 5.58. The molecule has 0 radical (unpaired) electrons. The van der Waals surface area contributed by atoms with Gasteiger partial charge in [0, 0.05) is 11.6 Å². The molecule has 0 atom stereocenters. The third-order valence-electron chi connectivity index (χ3n) is 3.27. The van der Waals surface area contributed by atoms with Crippen LogP contribution in [-0.4, -0.2) is 6.04 Å². The molecule has 0 unspecified atom stereocenters. The standard InChI is InChI=1S/C17H23NO/c1-11(2)18-10-15-6-7-16(19-15)17-13(4)8-12(3)9-14(17)5/h6-9,11,18H,10H2,1-5H3. The first-order valence-electron chi connectivity index (χ1n) is 6.87. The molecule has 0 saturated heterocycles. The Labute approximate surface area is 115 Å². The van der Waals surface area contributed by atoms with Crippen molar-refractivity contribution >= 4 is 0 Å². The van der Waals surface area contributed by atoms with Crippen LogP contribution in [0.2, 0.25) is 0 Å². The molecule has 0 saturated carbocycles. The number of nitrogens with one attached hydrogen (secondary N) is 1. The van der Waals surface area contributed by atoms with Crippen molar-refractivity contribution in [1.29, 1.82) is 0 Å². The van der Waals surface area contributed by atoms with Crippen LogP contribution < -0.4 is 5.32 Å². The van der Waals surface area contributed by atoms with Crippen LogP contribution in [0.3, 0.4) is 0 Å². The normalized spacial score (nSPS) is 11.3. The molecule has 2 nitrogen and oxygen atoms in total. The molecule has 1 aromatic carbocycles. The van der Waals surface area contributed by atoms with E-state index in [4.69, 9.17) is 4.42 Å². The zero-order chi connectivity index (χ0) is 14.0. The average molecular weight is 257 g/mol. The minimum atomic E-state index is 0.469. The number of benzene rings is 1. The van der Waals surface area contributed by atoms with E-state index < -0.39 is 0 Å². The fourth-order valence-corrected chi connectivity index (χ4v) is 2.48. The van der Waals surface area contributed by atoms with Crippen molar-refractivity contribution in [2.45, 2.75) is 47.2 Å². The van der Waals surface area contributed by atoms with Gasteiger partial charge < -0.3 is 9.73 Å². The summed E-state index contributed by atoms with van der Waals surface area (Å²) in [6.07, 6.45) is 0. The largest absolute Gasteiger partial charge is 0.460 e. The fraction of sp³-hybridized carbons (Fsp3) is 0.412. The van der Waals surface area contributed by atoms with E-state index in [2.05, 4.69) is 64.2 Å². The second kappa shape index (κ2) is 5.62. The predicted molar refractivity (Wildman–Crippen MR) is 80.3 cm³/mol. The summed E-state index contributed by atoms with van der Waals surface area (Å²) in [6, 6.07) is 9.01. The summed E-state index contributed by atoms with van der Waals surface area (Å²) in [4.78, 5) is 0. The molecule has 0 amide bonds.